The van der Waals surface area contributed by atoms with E-state index in [0.717, 1.165) is 25.7 Å². The van der Waals surface area contributed by atoms with E-state index in [2.05, 4.69) is 5.32 Å². The lowest BCUT2D eigenvalue weighted by molar-refractivity contribution is -0.113. The van der Waals surface area contributed by atoms with E-state index in [0.29, 0.717) is 26.8 Å². The van der Waals surface area contributed by atoms with Gasteiger partial charge in [0.2, 0.25) is 5.91 Å². The average Bonchev–Trinajstić information content (AvgIpc) is 3.22. The Kier molecular flexibility index (Phi) is 5.69. The van der Waals surface area contributed by atoms with Gasteiger partial charge in [0.05, 0.1) is 16.7 Å². The fourth-order valence-corrected chi connectivity index (χ4v) is 4.56. The summed E-state index contributed by atoms with van der Waals surface area (Å²) in [6, 6.07) is 14.5. The Morgan fingerprint density at radius 2 is 1.86 bits per heavy atom. The first-order chi connectivity index (χ1) is 13.6. The van der Waals surface area contributed by atoms with Gasteiger partial charge in [-0.15, -0.1) is 0 Å². The molecule has 0 radical (unpaired) electrons. The molecule has 144 valence electrons. The zero-order valence-electron chi connectivity index (χ0n) is 15.2. The molecule has 1 saturated carbocycles. The second-order valence-electron chi connectivity index (χ2n) is 6.87. The molecule has 1 aliphatic rings. The molecule has 1 fully saturated rings. The summed E-state index contributed by atoms with van der Waals surface area (Å²) >= 11 is 7.18. The monoisotopic (exact) mass is 413 g/mol. The molecule has 1 heterocycles. The van der Waals surface area contributed by atoms with E-state index < -0.39 is 0 Å². The molecule has 0 spiro atoms. The topological polar surface area (TPSA) is 64.0 Å². The van der Waals surface area contributed by atoms with Crippen LogP contribution in [0.1, 0.15) is 31.7 Å². The first kappa shape index (κ1) is 19.0. The highest BCUT2D eigenvalue weighted by Gasteiger charge is 2.23. The van der Waals surface area contributed by atoms with Gasteiger partial charge in [0.15, 0.2) is 5.16 Å². The molecule has 28 heavy (non-hydrogen) atoms. The van der Waals surface area contributed by atoms with Gasteiger partial charge >= 0.3 is 0 Å². The predicted octanol–water partition coefficient (Wildman–Crippen LogP) is 4.90. The summed E-state index contributed by atoms with van der Waals surface area (Å²) in [4.78, 5) is 30.2. The number of hydrogen-bond acceptors (Lipinski definition) is 4. The molecular weight excluding hydrogens is 394 g/mol. The third-order valence-electron chi connectivity index (χ3n) is 4.93. The van der Waals surface area contributed by atoms with E-state index in [1.165, 1.54) is 11.8 Å². The molecule has 1 amide bonds. The van der Waals surface area contributed by atoms with Crippen molar-refractivity contribution in [1.29, 1.82) is 0 Å². The van der Waals surface area contributed by atoms with Crippen molar-refractivity contribution < 1.29 is 4.79 Å². The van der Waals surface area contributed by atoms with Crippen molar-refractivity contribution in [2.45, 2.75) is 36.9 Å². The largest absolute Gasteiger partial charge is 0.325 e. The smallest absolute Gasteiger partial charge is 0.262 e. The molecule has 0 saturated heterocycles. The fourth-order valence-electron chi connectivity index (χ4n) is 3.57. The quantitative estimate of drug-likeness (QED) is 0.477. The molecule has 5 nitrogen and oxygen atoms in total. The Balaban J connectivity index is 1.58. The van der Waals surface area contributed by atoms with Crippen molar-refractivity contribution >= 4 is 45.9 Å². The van der Waals surface area contributed by atoms with Crippen molar-refractivity contribution in [3.63, 3.8) is 0 Å². The maximum Gasteiger partial charge on any atom is 0.262 e. The first-order valence-electron chi connectivity index (χ1n) is 9.31. The Hall–Kier alpha value is -2.31. The summed E-state index contributed by atoms with van der Waals surface area (Å²) in [5.41, 5.74) is 1.34. The highest BCUT2D eigenvalue weighted by molar-refractivity contribution is 7.99. The zero-order valence-corrected chi connectivity index (χ0v) is 16.8. The van der Waals surface area contributed by atoms with Crippen LogP contribution in [0.5, 0.6) is 0 Å². The van der Waals surface area contributed by atoms with Gasteiger partial charge in [0, 0.05) is 16.8 Å². The van der Waals surface area contributed by atoms with E-state index in [1.807, 2.05) is 24.3 Å². The van der Waals surface area contributed by atoms with Gasteiger partial charge < -0.3 is 5.32 Å². The molecule has 3 aromatic rings. The second kappa shape index (κ2) is 8.37. The highest BCUT2D eigenvalue weighted by atomic mass is 35.5. The Bertz CT molecular complexity index is 1060. The van der Waals surface area contributed by atoms with Crippen LogP contribution in [0.25, 0.3) is 10.9 Å². The number of benzene rings is 2. The molecular formula is C21H20ClN3O2S. The molecule has 0 aliphatic heterocycles. The number of amides is 1. The van der Waals surface area contributed by atoms with Gasteiger partial charge in [0.1, 0.15) is 0 Å². The minimum Gasteiger partial charge on any atom is -0.325 e. The molecule has 1 aliphatic carbocycles. The summed E-state index contributed by atoms with van der Waals surface area (Å²) in [5, 5.41) is 4.71. The number of rotatable bonds is 5. The maximum atomic E-state index is 13.1. The lowest BCUT2D eigenvalue weighted by atomic mass is 10.2. The minimum absolute atomic E-state index is 0.0156. The predicted molar refractivity (Wildman–Crippen MR) is 114 cm³/mol. The minimum atomic E-state index is -0.146. The van der Waals surface area contributed by atoms with Crippen molar-refractivity contribution in [2.75, 3.05) is 11.1 Å². The van der Waals surface area contributed by atoms with Crippen molar-refractivity contribution in [3.8, 4) is 0 Å². The number of nitrogens with zero attached hydrogens (tertiary/aromatic N) is 2. The first-order valence-corrected chi connectivity index (χ1v) is 10.7. The van der Waals surface area contributed by atoms with Crippen LogP contribution in [0.2, 0.25) is 5.02 Å². The average molecular weight is 414 g/mol. The Morgan fingerprint density at radius 3 is 2.61 bits per heavy atom. The van der Waals surface area contributed by atoms with Crippen LogP contribution in [0.3, 0.4) is 0 Å². The number of aromatic nitrogens is 2. The lowest BCUT2D eigenvalue weighted by Crippen LogP contribution is -2.27. The van der Waals surface area contributed by atoms with Crippen molar-refractivity contribution in [3.05, 3.63) is 63.9 Å². The van der Waals surface area contributed by atoms with Crippen LogP contribution in [0.15, 0.2) is 58.5 Å². The van der Waals surface area contributed by atoms with Crippen LogP contribution < -0.4 is 10.9 Å². The summed E-state index contributed by atoms with van der Waals surface area (Å²) in [5.74, 6) is 0.0350. The van der Waals surface area contributed by atoms with Crippen LogP contribution in [-0.2, 0) is 4.79 Å². The number of halogens is 1. The van der Waals surface area contributed by atoms with Gasteiger partial charge in [-0.25, -0.2) is 4.98 Å². The molecule has 2 aromatic carbocycles. The number of nitrogens with one attached hydrogen (secondary N) is 1. The van der Waals surface area contributed by atoms with Gasteiger partial charge in [-0.05, 0) is 49.2 Å². The molecule has 1 N–H and O–H groups in total. The van der Waals surface area contributed by atoms with Gasteiger partial charge in [0.25, 0.3) is 5.56 Å². The normalized spacial score (nSPS) is 14.5. The van der Waals surface area contributed by atoms with E-state index in [9.17, 15) is 9.59 Å². The molecule has 0 atom stereocenters. The van der Waals surface area contributed by atoms with E-state index in [-0.39, 0.29) is 23.3 Å². The fraction of sp³-hybridized carbons (Fsp3) is 0.286. The highest BCUT2D eigenvalue weighted by Crippen LogP contribution is 2.32. The zero-order chi connectivity index (χ0) is 19.5. The van der Waals surface area contributed by atoms with Crippen LogP contribution in [-0.4, -0.2) is 21.2 Å². The number of carbonyl (C=O) groups is 1. The standard InChI is InChI=1S/C21H20ClN3O2S/c22-14-9-11-15(12-10-14)23-19(26)13-28-21-24-18-8-4-3-7-17(18)20(27)25(21)16-5-1-2-6-16/h3-4,7-12,16H,1-2,5-6,13H2,(H,23,26). The summed E-state index contributed by atoms with van der Waals surface area (Å²) in [7, 11) is 0. The third kappa shape index (κ3) is 4.08. The van der Waals surface area contributed by atoms with Crippen LogP contribution in [0.4, 0.5) is 5.69 Å². The molecule has 1 aromatic heterocycles. The SMILES string of the molecule is O=C(CSc1nc2ccccc2c(=O)n1C1CCCC1)Nc1ccc(Cl)cc1. The molecule has 4 rings (SSSR count). The Labute approximate surface area is 172 Å². The Morgan fingerprint density at radius 1 is 1.14 bits per heavy atom. The van der Waals surface area contributed by atoms with Gasteiger partial charge in [-0.1, -0.05) is 48.3 Å². The lowest BCUT2D eigenvalue weighted by Gasteiger charge is -2.18. The third-order valence-corrected chi connectivity index (χ3v) is 6.13. The van der Waals surface area contributed by atoms with E-state index >= 15 is 0 Å². The summed E-state index contributed by atoms with van der Waals surface area (Å²) < 4.78 is 1.80. The van der Waals surface area contributed by atoms with Crippen LogP contribution >= 0.6 is 23.4 Å². The number of thioether (sulfide) groups is 1. The van der Waals surface area contributed by atoms with Gasteiger partial charge in [-0.2, -0.15) is 0 Å². The molecule has 0 unspecified atom stereocenters. The van der Waals surface area contributed by atoms with E-state index in [1.54, 1.807) is 28.8 Å². The number of hydrogen-bond donors (Lipinski definition) is 1. The molecule has 7 heteroatoms. The van der Waals surface area contributed by atoms with E-state index in [4.69, 9.17) is 16.6 Å². The number of fused-ring (bicyclic) bond motifs is 1. The number of carbonyl (C=O) groups excluding carboxylic acids is 1. The van der Waals surface area contributed by atoms with Gasteiger partial charge in [-0.3, -0.25) is 14.2 Å². The molecule has 0 bridgehead atoms. The van der Waals surface area contributed by atoms with Crippen molar-refractivity contribution in [2.24, 2.45) is 0 Å². The number of anilines is 1. The second-order valence-corrected chi connectivity index (χ2v) is 8.25. The number of para-hydroxylation sites is 1. The summed E-state index contributed by atoms with van der Waals surface area (Å²) in [6.45, 7) is 0. The maximum absolute atomic E-state index is 13.1. The van der Waals surface area contributed by atoms with Crippen LogP contribution in [0, 0.1) is 0 Å². The van der Waals surface area contributed by atoms with Crippen molar-refractivity contribution in [1.82, 2.24) is 9.55 Å². The summed E-state index contributed by atoms with van der Waals surface area (Å²) in [6.07, 6.45) is 4.19.